The molecule has 0 spiro atoms. The molecule has 0 saturated carbocycles. The smallest absolute Gasteiger partial charge is 0.0578 e. The first-order valence-corrected chi connectivity index (χ1v) is 9.29. The lowest BCUT2D eigenvalue weighted by Gasteiger charge is -2.21. The van der Waals surface area contributed by atoms with Crippen molar-refractivity contribution >= 4 is 29.9 Å². The molecule has 0 heterocycles. The minimum Gasteiger partial charge on any atom is -0.386 e. The predicted octanol–water partition coefficient (Wildman–Crippen LogP) is 4.23. The third kappa shape index (κ3) is 3.91. The summed E-state index contributed by atoms with van der Waals surface area (Å²) < 4.78 is 0. The third-order valence-corrected chi connectivity index (χ3v) is 6.08. The minimum atomic E-state index is -0.431. The van der Waals surface area contributed by atoms with Gasteiger partial charge in [-0.1, -0.05) is 72.8 Å². The van der Waals surface area contributed by atoms with Crippen molar-refractivity contribution in [2.75, 3.05) is 24.0 Å². The summed E-state index contributed by atoms with van der Waals surface area (Å²) in [6.45, 7) is 0. The van der Waals surface area contributed by atoms with Gasteiger partial charge < -0.3 is 10.6 Å². The molecule has 0 aromatic heterocycles. The van der Waals surface area contributed by atoms with Crippen LogP contribution in [0.1, 0.15) is 0 Å². The summed E-state index contributed by atoms with van der Waals surface area (Å²) >= 11 is 0. The largest absolute Gasteiger partial charge is 0.386 e. The van der Waals surface area contributed by atoms with E-state index < -0.39 is 7.92 Å². The first kappa shape index (κ1) is 15.6. The monoisotopic (exact) mass is 320 g/mol. The van der Waals surface area contributed by atoms with Gasteiger partial charge in [-0.3, -0.25) is 0 Å². The van der Waals surface area contributed by atoms with Crippen LogP contribution in [-0.4, -0.2) is 13.3 Å². The number of nitrogens with one attached hydrogen (secondary N) is 2. The van der Waals surface area contributed by atoms with Crippen LogP contribution in [0.25, 0.3) is 0 Å². The molecule has 0 aliphatic heterocycles. The molecule has 23 heavy (non-hydrogen) atoms. The number of hydrogen-bond donors (Lipinski definition) is 2. The van der Waals surface area contributed by atoms with Gasteiger partial charge in [0, 0.05) is 13.3 Å². The maximum atomic E-state index is 3.63. The Morgan fingerprint density at radius 1 is 0.652 bits per heavy atom. The van der Waals surface area contributed by atoms with E-state index in [0.717, 1.165) is 17.7 Å². The molecule has 0 atom stereocenters. The van der Waals surface area contributed by atoms with Crippen LogP contribution in [0.2, 0.25) is 0 Å². The standard InChI is InChI=1S/C20H21N2P/c1-21-19-14-8-9-15-20(19)22-16-23(17-10-4-2-5-11-17)18-12-6-3-7-13-18/h2-15,21-22H,16H2,1H3. The molecule has 0 fully saturated rings. The zero-order chi connectivity index (χ0) is 15.9. The number of rotatable bonds is 6. The zero-order valence-electron chi connectivity index (χ0n) is 13.2. The fraction of sp³-hybridized carbons (Fsp3) is 0.100. The summed E-state index contributed by atoms with van der Waals surface area (Å²) in [4.78, 5) is 0. The Morgan fingerprint density at radius 3 is 1.65 bits per heavy atom. The summed E-state index contributed by atoms with van der Waals surface area (Å²) in [6.07, 6.45) is 0.919. The van der Waals surface area contributed by atoms with Crippen molar-refractivity contribution in [3.8, 4) is 0 Å². The molecule has 116 valence electrons. The average Bonchev–Trinajstić information content (AvgIpc) is 2.64. The van der Waals surface area contributed by atoms with Crippen LogP contribution in [0.15, 0.2) is 84.9 Å². The first-order chi connectivity index (χ1) is 11.4. The highest BCUT2D eigenvalue weighted by Crippen LogP contribution is 2.34. The Hall–Kier alpha value is -2.31. The molecule has 0 bridgehead atoms. The van der Waals surface area contributed by atoms with Crippen LogP contribution in [0.4, 0.5) is 11.4 Å². The summed E-state index contributed by atoms with van der Waals surface area (Å²) in [5.74, 6) is 0. The van der Waals surface area contributed by atoms with E-state index in [-0.39, 0.29) is 0 Å². The van der Waals surface area contributed by atoms with E-state index in [1.807, 2.05) is 13.1 Å². The molecule has 0 radical (unpaired) electrons. The number of benzene rings is 3. The van der Waals surface area contributed by atoms with Crippen LogP contribution < -0.4 is 21.2 Å². The fourth-order valence-electron chi connectivity index (χ4n) is 2.57. The highest BCUT2D eigenvalue weighted by molar-refractivity contribution is 7.73. The van der Waals surface area contributed by atoms with E-state index in [4.69, 9.17) is 0 Å². The fourth-order valence-corrected chi connectivity index (χ4v) is 4.62. The summed E-state index contributed by atoms with van der Waals surface area (Å²) in [5.41, 5.74) is 2.28. The Labute approximate surface area is 139 Å². The van der Waals surface area contributed by atoms with E-state index in [1.165, 1.54) is 10.6 Å². The summed E-state index contributed by atoms with van der Waals surface area (Å²) in [6, 6.07) is 29.9. The molecule has 0 aliphatic rings. The molecule has 2 nitrogen and oxygen atoms in total. The molecule has 3 rings (SSSR count). The lowest BCUT2D eigenvalue weighted by molar-refractivity contribution is 1.42. The Bertz CT molecular complexity index is 689. The molecule has 0 saturated heterocycles. The molecular weight excluding hydrogens is 299 g/mol. The van der Waals surface area contributed by atoms with Gasteiger partial charge in [-0.25, -0.2) is 0 Å². The van der Waals surface area contributed by atoms with Crippen LogP contribution in [0, 0.1) is 0 Å². The van der Waals surface area contributed by atoms with Crippen molar-refractivity contribution in [1.29, 1.82) is 0 Å². The van der Waals surface area contributed by atoms with Crippen LogP contribution in [-0.2, 0) is 0 Å². The highest BCUT2D eigenvalue weighted by atomic mass is 31.1. The van der Waals surface area contributed by atoms with Crippen molar-refractivity contribution in [1.82, 2.24) is 0 Å². The molecule has 3 aromatic rings. The van der Waals surface area contributed by atoms with E-state index in [9.17, 15) is 0 Å². The van der Waals surface area contributed by atoms with E-state index >= 15 is 0 Å². The molecular formula is C20H21N2P. The SMILES string of the molecule is CNc1ccccc1NCP(c1ccccc1)c1ccccc1. The minimum absolute atomic E-state index is 0.431. The van der Waals surface area contributed by atoms with E-state index in [0.29, 0.717) is 0 Å². The molecule has 0 aliphatic carbocycles. The van der Waals surface area contributed by atoms with Gasteiger partial charge in [-0.15, -0.1) is 0 Å². The second-order valence-corrected chi connectivity index (χ2v) is 7.43. The second-order valence-electron chi connectivity index (χ2n) is 5.23. The average molecular weight is 320 g/mol. The molecule has 0 unspecified atom stereocenters. The summed E-state index contributed by atoms with van der Waals surface area (Å²) in [7, 11) is 1.53. The van der Waals surface area contributed by atoms with E-state index in [2.05, 4.69) is 89.5 Å². The number of anilines is 2. The number of hydrogen-bond acceptors (Lipinski definition) is 2. The lowest BCUT2D eigenvalue weighted by atomic mass is 10.3. The maximum absolute atomic E-state index is 3.63. The van der Waals surface area contributed by atoms with E-state index in [1.54, 1.807) is 0 Å². The van der Waals surface area contributed by atoms with Crippen LogP contribution >= 0.6 is 7.92 Å². The highest BCUT2D eigenvalue weighted by Gasteiger charge is 2.13. The number of para-hydroxylation sites is 2. The lowest BCUT2D eigenvalue weighted by Crippen LogP contribution is -2.18. The Kier molecular flexibility index (Phi) is 5.29. The quantitative estimate of drug-likeness (QED) is 0.664. The van der Waals surface area contributed by atoms with Crippen molar-refractivity contribution in [2.45, 2.75) is 0 Å². The molecule has 0 amide bonds. The normalized spacial score (nSPS) is 10.5. The van der Waals surface area contributed by atoms with Gasteiger partial charge in [-0.2, -0.15) is 0 Å². The van der Waals surface area contributed by atoms with Crippen molar-refractivity contribution < 1.29 is 0 Å². The molecule has 3 heteroatoms. The predicted molar refractivity (Wildman–Crippen MR) is 104 cm³/mol. The second kappa shape index (κ2) is 7.80. The Balaban J connectivity index is 1.85. The maximum Gasteiger partial charge on any atom is 0.0578 e. The summed E-state index contributed by atoms with van der Waals surface area (Å²) in [5, 5.41) is 9.65. The van der Waals surface area contributed by atoms with Gasteiger partial charge in [0.05, 0.1) is 11.4 Å². The van der Waals surface area contributed by atoms with Gasteiger partial charge in [0.2, 0.25) is 0 Å². The van der Waals surface area contributed by atoms with Crippen LogP contribution in [0.3, 0.4) is 0 Å². The third-order valence-electron chi connectivity index (χ3n) is 3.76. The van der Waals surface area contributed by atoms with Gasteiger partial charge in [0.25, 0.3) is 0 Å². The van der Waals surface area contributed by atoms with Gasteiger partial charge in [0.15, 0.2) is 0 Å². The van der Waals surface area contributed by atoms with Gasteiger partial charge in [0.1, 0.15) is 0 Å². The van der Waals surface area contributed by atoms with Crippen molar-refractivity contribution in [2.24, 2.45) is 0 Å². The van der Waals surface area contributed by atoms with Gasteiger partial charge in [-0.05, 0) is 30.7 Å². The van der Waals surface area contributed by atoms with Crippen molar-refractivity contribution in [3.63, 3.8) is 0 Å². The van der Waals surface area contributed by atoms with Crippen molar-refractivity contribution in [3.05, 3.63) is 84.9 Å². The zero-order valence-corrected chi connectivity index (χ0v) is 14.1. The topological polar surface area (TPSA) is 24.1 Å². The molecule has 3 aromatic carbocycles. The van der Waals surface area contributed by atoms with Gasteiger partial charge >= 0.3 is 0 Å². The first-order valence-electron chi connectivity index (χ1n) is 7.77. The Morgan fingerprint density at radius 2 is 1.13 bits per heavy atom. The molecule has 2 N–H and O–H groups in total. The van der Waals surface area contributed by atoms with Crippen LogP contribution in [0.5, 0.6) is 0 Å².